The highest BCUT2D eigenvalue weighted by atomic mass is 35.5. The van der Waals surface area contributed by atoms with Crippen LogP contribution in [0, 0.1) is 11.5 Å². The SMILES string of the molecule is O=COC#CCl. The van der Waals surface area contributed by atoms with Crippen molar-refractivity contribution in [3.8, 4) is 11.5 Å². The summed E-state index contributed by atoms with van der Waals surface area (Å²) in [6, 6.07) is 0. The Bertz CT molecular complexity index is 88.7. The highest BCUT2D eigenvalue weighted by Gasteiger charge is 1.58. The van der Waals surface area contributed by atoms with E-state index in [9.17, 15) is 4.79 Å². The van der Waals surface area contributed by atoms with Gasteiger partial charge < -0.3 is 4.74 Å². The Balaban J connectivity index is 3.00. The first-order chi connectivity index (χ1) is 2.91. The second kappa shape index (κ2) is 4.32. The van der Waals surface area contributed by atoms with E-state index in [4.69, 9.17) is 11.6 Å². The van der Waals surface area contributed by atoms with E-state index in [1.165, 1.54) is 0 Å². The summed E-state index contributed by atoms with van der Waals surface area (Å²) in [6.45, 7) is 0.204. The van der Waals surface area contributed by atoms with Crippen LogP contribution in [0.25, 0.3) is 0 Å². The highest BCUT2D eigenvalue weighted by molar-refractivity contribution is 6.30. The van der Waals surface area contributed by atoms with Gasteiger partial charge in [-0.1, -0.05) is 0 Å². The molecule has 0 heterocycles. The third-order valence-electron chi connectivity index (χ3n) is 0.146. The maximum atomic E-state index is 9.18. The van der Waals surface area contributed by atoms with Gasteiger partial charge in [0.15, 0.2) is 0 Å². The zero-order valence-corrected chi connectivity index (χ0v) is 3.53. The first kappa shape index (κ1) is 5.32. The second-order valence-electron chi connectivity index (χ2n) is 0.411. The largest absolute Gasteiger partial charge is 0.373 e. The number of hydrogen-bond acceptors (Lipinski definition) is 2. The van der Waals surface area contributed by atoms with Gasteiger partial charge in [0.1, 0.15) is 6.11 Å². The van der Waals surface area contributed by atoms with Gasteiger partial charge in [-0.15, -0.1) is 0 Å². The fraction of sp³-hybridized carbons (Fsp3) is 0. The standard InChI is InChI=1S/C3HClO2/c4-1-2-6-3-5/h3H. The lowest BCUT2D eigenvalue weighted by atomic mass is 11.2. The summed E-state index contributed by atoms with van der Waals surface area (Å²) >= 11 is 4.74. The average Bonchev–Trinajstić information content (AvgIpc) is 1.61. The zero-order chi connectivity index (χ0) is 4.83. The molecule has 0 fully saturated rings. The van der Waals surface area contributed by atoms with Crippen molar-refractivity contribution in [1.29, 1.82) is 0 Å². The fourth-order valence-corrected chi connectivity index (χ4v) is 0.0909. The van der Waals surface area contributed by atoms with Gasteiger partial charge >= 0.3 is 6.47 Å². The molecular weight excluding hydrogens is 103 g/mol. The Kier molecular flexibility index (Phi) is 3.83. The zero-order valence-electron chi connectivity index (χ0n) is 2.77. The molecule has 0 radical (unpaired) electrons. The molecule has 0 aliphatic rings. The van der Waals surface area contributed by atoms with Crippen LogP contribution in [0.1, 0.15) is 0 Å². The van der Waals surface area contributed by atoms with E-state index in [0.717, 1.165) is 0 Å². The Morgan fingerprint density at radius 3 is 2.67 bits per heavy atom. The average molecular weight is 104 g/mol. The van der Waals surface area contributed by atoms with E-state index >= 15 is 0 Å². The molecule has 0 saturated heterocycles. The lowest BCUT2D eigenvalue weighted by molar-refractivity contribution is -0.122. The van der Waals surface area contributed by atoms with Crippen LogP contribution in [0.4, 0.5) is 0 Å². The summed E-state index contributed by atoms with van der Waals surface area (Å²) in [5, 5.41) is 1.84. The summed E-state index contributed by atoms with van der Waals surface area (Å²) in [5.41, 5.74) is 0. The van der Waals surface area contributed by atoms with Crippen LogP contribution < -0.4 is 0 Å². The molecule has 0 aliphatic heterocycles. The minimum Gasteiger partial charge on any atom is -0.373 e. The quantitative estimate of drug-likeness (QED) is 0.354. The van der Waals surface area contributed by atoms with Gasteiger partial charge in [-0.05, 0) is 11.6 Å². The molecule has 0 aromatic carbocycles. The van der Waals surface area contributed by atoms with E-state index in [1.807, 2.05) is 11.5 Å². The normalized spacial score (nSPS) is 4.83. The topological polar surface area (TPSA) is 26.3 Å². The van der Waals surface area contributed by atoms with Gasteiger partial charge in [0.2, 0.25) is 0 Å². The van der Waals surface area contributed by atoms with Crippen molar-refractivity contribution in [2.75, 3.05) is 0 Å². The lowest BCUT2D eigenvalue weighted by Gasteiger charge is -1.66. The third kappa shape index (κ3) is 3.32. The van der Waals surface area contributed by atoms with Crippen molar-refractivity contribution < 1.29 is 9.53 Å². The van der Waals surface area contributed by atoms with E-state index in [0.29, 0.717) is 0 Å². The van der Waals surface area contributed by atoms with Crippen molar-refractivity contribution in [2.24, 2.45) is 0 Å². The van der Waals surface area contributed by atoms with E-state index < -0.39 is 0 Å². The molecule has 0 bridgehead atoms. The van der Waals surface area contributed by atoms with Crippen LogP contribution in [0.5, 0.6) is 0 Å². The molecule has 0 saturated carbocycles. The Hall–Kier alpha value is -0.680. The number of carbonyl (C=O) groups excluding carboxylic acids is 1. The van der Waals surface area contributed by atoms with Crippen LogP contribution >= 0.6 is 11.6 Å². The van der Waals surface area contributed by atoms with Crippen molar-refractivity contribution >= 4 is 18.1 Å². The van der Waals surface area contributed by atoms with Gasteiger partial charge in [-0.25, -0.2) is 0 Å². The summed E-state index contributed by atoms with van der Waals surface area (Å²) in [6.07, 6.45) is 1.85. The van der Waals surface area contributed by atoms with E-state index in [1.54, 1.807) is 0 Å². The first-order valence-corrected chi connectivity index (χ1v) is 1.49. The number of hydrogen-bond donors (Lipinski definition) is 0. The number of ether oxygens (including phenoxy) is 1. The lowest BCUT2D eigenvalue weighted by Crippen LogP contribution is -1.69. The van der Waals surface area contributed by atoms with Crippen molar-refractivity contribution in [3.63, 3.8) is 0 Å². The molecule has 0 aliphatic carbocycles. The smallest absolute Gasteiger partial charge is 0.307 e. The van der Waals surface area contributed by atoms with E-state index in [-0.39, 0.29) is 6.47 Å². The first-order valence-electron chi connectivity index (χ1n) is 1.11. The van der Waals surface area contributed by atoms with Gasteiger partial charge in [-0.2, -0.15) is 0 Å². The van der Waals surface area contributed by atoms with Gasteiger partial charge in [0, 0.05) is 5.38 Å². The molecule has 0 N–H and O–H groups in total. The third-order valence-corrected chi connectivity index (χ3v) is 0.223. The van der Waals surface area contributed by atoms with E-state index in [2.05, 4.69) is 4.74 Å². The minimum absolute atomic E-state index is 0.204. The second-order valence-corrected chi connectivity index (χ2v) is 0.600. The van der Waals surface area contributed by atoms with Gasteiger partial charge in [0.05, 0.1) is 0 Å². The van der Waals surface area contributed by atoms with Crippen molar-refractivity contribution in [1.82, 2.24) is 0 Å². The predicted octanol–water partition coefficient (Wildman–Crippen LogP) is 0.317. The van der Waals surface area contributed by atoms with Crippen LogP contribution in [-0.2, 0) is 9.53 Å². The molecule has 32 valence electrons. The number of halogens is 1. The Labute approximate surface area is 40.0 Å². The molecule has 0 aromatic rings. The Morgan fingerprint density at radius 2 is 2.50 bits per heavy atom. The number of rotatable bonds is 1. The molecule has 0 unspecified atom stereocenters. The Morgan fingerprint density at radius 1 is 1.83 bits per heavy atom. The molecule has 0 aromatic heterocycles. The van der Waals surface area contributed by atoms with Crippen molar-refractivity contribution in [2.45, 2.75) is 0 Å². The van der Waals surface area contributed by atoms with Crippen LogP contribution in [0.15, 0.2) is 0 Å². The monoisotopic (exact) mass is 104 g/mol. The fourth-order valence-electron chi connectivity index (χ4n) is 0.0463. The maximum absolute atomic E-state index is 9.18. The molecular formula is C3HClO2. The molecule has 2 nitrogen and oxygen atoms in total. The molecule has 6 heavy (non-hydrogen) atoms. The molecule has 3 heteroatoms. The van der Waals surface area contributed by atoms with Crippen LogP contribution in [-0.4, -0.2) is 6.47 Å². The molecule has 0 amide bonds. The maximum Gasteiger partial charge on any atom is 0.307 e. The van der Waals surface area contributed by atoms with Crippen molar-refractivity contribution in [3.05, 3.63) is 0 Å². The van der Waals surface area contributed by atoms with Crippen LogP contribution in [0.2, 0.25) is 0 Å². The number of carbonyl (C=O) groups is 1. The molecule has 0 rings (SSSR count). The molecule has 0 spiro atoms. The predicted molar refractivity (Wildman–Crippen MR) is 20.8 cm³/mol. The molecule has 0 atom stereocenters. The summed E-state index contributed by atoms with van der Waals surface area (Å²) in [4.78, 5) is 9.18. The highest BCUT2D eigenvalue weighted by Crippen LogP contribution is 1.61. The summed E-state index contributed by atoms with van der Waals surface area (Å²) in [7, 11) is 0. The van der Waals surface area contributed by atoms with Gasteiger partial charge in [-0.3, -0.25) is 4.79 Å². The summed E-state index contributed by atoms with van der Waals surface area (Å²) in [5.74, 6) is 0. The summed E-state index contributed by atoms with van der Waals surface area (Å²) < 4.78 is 3.81. The minimum atomic E-state index is 0.204. The van der Waals surface area contributed by atoms with Crippen LogP contribution in [0.3, 0.4) is 0 Å². The van der Waals surface area contributed by atoms with Gasteiger partial charge in [0.25, 0.3) is 0 Å².